The van der Waals surface area contributed by atoms with Crippen molar-refractivity contribution in [3.8, 4) is 5.75 Å². The molecule has 3 aromatic rings. The second-order valence-electron chi connectivity index (χ2n) is 6.50. The number of carbonyl (C=O) groups is 1. The molecule has 3 N–H and O–H groups in total. The molecule has 0 bridgehead atoms. The maximum Gasteiger partial charge on any atom is 0.263 e. The van der Waals surface area contributed by atoms with Crippen molar-refractivity contribution >= 4 is 27.3 Å². The average Bonchev–Trinajstić information content (AvgIpc) is 3.06. The highest BCUT2D eigenvalue weighted by Gasteiger charge is 2.16. The first kappa shape index (κ1) is 21.0. The van der Waals surface area contributed by atoms with Crippen molar-refractivity contribution in [2.45, 2.75) is 31.9 Å². The first-order valence-corrected chi connectivity index (χ1v) is 11.1. The molecule has 1 amide bonds. The number of nitrogens with zero attached hydrogens (tertiary/aromatic N) is 1. The lowest BCUT2D eigenvalue weighted by Crippen LogP contribution is -2.22. The van der Waals surface area contributed by atoms with Crippen LogP contribution in [0.2, 0.25) is 0 Å². The molecule has 0 aliphatic heterocycles. The van der Waals surface area contributed by atoms with E-state index in [2.05, 4.69) is 10.3 Å². The zero-order chi connectivity index (χ0) is 21.0. The van der Waals surface area contributed by atoms with Gasteiger partial charge in [0, 0.05) is 6.54 Å². The van der Waals surface area contributed by atoms with Crippen molar-refractivity contribution in [3.05, 3.63) is 75.2 Å². The first-order chi connectivity index (χ1) is 13.7. The summed E-state index contributed by atoms with van der Waals surface area (Å²) in [7, 11) is -3.73. The van der Waals surface area contributed by atoms with Crippen LogP contribution in [0, 0.1) is 13.8 Å². The Labute approximate surface area is 173 Å². The van der Waals surface area contributed by atoms with Crippen LogP contribution in [0.1, 0.15) is 31.5 Å². The molecule has 7 nitrogen and oxygen atoms in total. The van der Waals surface area contributed by atoms with Crippen LogP contribution in [-0.4, -0.2) is 19.3 Å². The number of nitrogens with two attached hydrogens (primary N) is 1. The summed E-state index contributed by atoms with van der Waals surface area (Å²) >= 11 is 1.29. The molecule has 0 unspecified atom stereocenters. The molecule has 1 aromatic heterocycles. The minimum Gasteiger partial charge on any atom is -0.486 e. The maximum absolute atomic E-state index is 12.5. The first-order valence-electron chi connectivity index (χ1n) is 8.78. The number of aromatic nitrogens is 1. The third-order valence-corrected chi connectivity index (χ3v) is 6.19. The molecule has 1 heterocycles. The van der Waals surface area contributed by atoms with Crippen molar-refractivity contribution in [1.29, 1.82) is 0 Å². The number of nitrogens with one attached hydrogen (secondary N) is 1. The third kappa shape index (κ3) is 5.63. The number of hydrogen-bond acceptors (Lipinski definition) is 6. The fraction of sp³-hybridized carbons (Fsp3) is 0.200. The van der Waals surface area contributed by atoms with E-state index in [0.29, 0.717) is 15.6 Å². The van der Waals surface area contributed by atoms with Crippen molar-refractivity contribution in [2.24, 2.45) is 5.14 Å². The molecule has 0 atom stereocenters. The van der Waals surface area contributed by atoms with Crippen LogP contribution >= 0.6 is 11.3 Å². The van der Waals surface area contributed by atoms with E-state index >= 15 is 0 Å². The minimum atomic E-state index is -3.73. The molecule has 2 aromatic carbocycles. The van der Waals surface area contributed by atoms with E-state index in [0.717, 1.165) is 16.9 Å². The molecule has 0 aliphatic rings. The Morgan fingerprint density at radius 1 is 1.10 bits per heavy atom. The molecule has 3 rings (SSSR count). The smallest absolute Gasteiger partial charge is 0.263 e. The summed E-state index contributed by atoms with van der Waals surface area (Å²) in [6.45, 7) is 4.34. The number of sulfonamides is 1. The van der Waals surface area contributed by atoms with Crippen molar-refractivity contribution in [1.82, 2.24) is 10.3 Å². The van der Waals surface area contributed by atoms with Crippen LogP contribution in [0.15, 0.2) is 53.4 Å². The lowest BCUT2D eigenvalue weighted by atomic mass is 10.2. The Morgan fingerprint density at radius 2 is 1.76 bits per heavy atom. The van der Waals surface area contributed by atoms with Gasteiger partial charge < -0.3 is 10.1 Å². The molecule has 0 fully saturated rings. The van der Waals surface area contributed by atoms with Gasteiger partial charge in [0.2, 0.25) is 10.0 Å². The average molecular weight is 432 g/mol. The van der Waals surface area contributed by atoms with Crippen LogP contribution in [0.25, 0.3) is 0 Å². The summed E-state index contributed by atoms with van der Waals surface area (Å²) < 4.78 is 28.3. The lowest BCUT2D eigenvalue weighted by molar-refractivity contribution is 0.0954. The molecule has 0 radical (unpaired) electrons. The predicted molar refractivity (Wildman–Crippen MR) is 111 cm³/mol. The summed E-state index contributed by atoms with van der Waals surface area (Å²) in [6, 6.07) is 13.8. The molecule has 0 aliphatic carbocycles. The van der Waals surface area contributed by atoms with Crippen LogP contribution in [0.3, 0.4) is 0 Å². The number of amides is 1. The van der Waals surface area contributed by atoms with Gasteiger partial charge in [-0.25, -0.2) is 18.5 Å². The van der Waals surface area contributed by atoms with Gasteiger partial charge in [0.15, 0.2) is 0 Å². The largest absolute Gasteiger partial charge is 0.486 e. The zero-order valence-corrected chi connectivity index (χ0v) is 17.6. The van der Waals surface area contributed by atoms with E-state index in [1.165, 1.54) is 23.5 Å². The molecule has 0 spiro atoms. The van der Waals surface area contributed by atoms with E-state index in [4.69, 9.17) is 9.88 Å². The number of carbonyl (C=O) groups excluding carboxylic acids is 1. The van der Waals surface area contributed by atoms with Crippen LogP contribution in [-0.2, 0) is 23.2 Å². The van der Waals surface area contributed by atoms with Gasteiger partial charge in [-0.05, 0) is 43.7 Å². The summed E-state index contributed by atoms with van der Waals surface area (Å²) in [6.07, 6.45) is 0. The SMILES string of the molecule is Cc1ccc(OCc2nc(C)c(C(=O)NCc3ccc(S(N)(=O)=O)cc3)s2)cc1. The van der Waals surface area contributed by atoms with E-state index in [9.17, 15) is 13.2 Å². The number of rotatable bonds is 7. The number of hydrogen-bond donors (Lipinski definition) is 2. The summed E-state index contributed by atoms with van der Waals surface area (Å²) in [4.78, 5) is 17.5. The second kappa shape index (κ2) is 8.73. The van der Waals surface area contributed by atoms with Gasteiger partial charge in [0.25, 0.3) is 5.91 Å². The number of primary sulfonamides is 1. The normalized spacial score (nSPS) is 11.3. The fourth-order valence-electron chi connectivity index (χ4n) is 2.56. The van der Waals surface area contributed by atoms with Gasteiger partial charge in [-0.3, -0.25) is 4.79 Å². The van der Waals surface area contributed by atoms with Crippen molar-refractivity contribution in [3.63, 3.8) is 0 Å². The quantitative estimate of drug-likeness (QED) is 0.597. The van der Waals surface area contributed by atoms with Crippen LogP contribution in [0.5, 0.6) is 5.75 Å². The van der Waals surface area contributed by atoms with Crippen LogP contribution < -0.4 is 15.2 Å². The molecule has 9 heteroatoms. The van der Waals surface area contributed by atoms with Crippen molar-refractivity contribution < 1.29 is 17.9 Å². The number of ether oxygens (including phenoxy) is 1. The van der Waals surface area contributed by atoms with Gasteiger partial charge in [0.05, 0.1) is 10.6 Å². The van der Waals surface area contributed by atoms with Crippen LogP contribution in [0.4, 0.5) is 0 Å². The van der Waals surface area contributed by atoms with Gasteiger partial charge in [-0.2, -0.15) is 0 Å². The number of thiazole rings is 1. The van der Waals surface area contributed by atoms with Gasteiger partial charge in [-0.15, -0.1) is 11.3 Å². The van der Waals surface area contributed by atoms with Gasteiger partial charge in [0.1, 0.15) is 22.2 Å². The van der Waals surface area contributed by atoms with Crippen molar-refractivity contribution in [2.75, 3.05) is 0 Å². The molecular weight excluding hydrogens is 410 g/mol. The molecule has 152 valence electrons. The van der Waals surface area contributed by atoms with E-state index in [-0.39, 0.29) is 24.0 Å². The van der Waals surface area contributed by atoms with E-state index < -0.39 is 10.0 Å². The monoisotopic (exact) mass is 431 g/mol. The molecule has 0 saturated heterocycles. The Morgan fingerprint density at radius 3 is 2.38 bits per heavy atom. The second-order valence-corrected chi connectivity index (χ2v) is 9.14. The molecule has 0 saturated carbocycles. The van der Waals surface area contributed by atoms with E-state index in [1.807, 2.05) is 31.2 Å². The minimum absolute atomic E-state index is 0.0316. The Kier molecular flexibility index (Phi) is 6.31. The van der Waals surface area contributed by atoms with Gasteiger partial charge >= 0.3 is 0 Å². The summed E-state index contributed by atoms with van der Waals surface area (Å²) in [5.41, 5.74) is 2.55. The Bertz CT molecular complexity index is 1110. The fourth-order valence-corrected chi connectivity index (χ4v) is 3.97. The zero-order valence-electron chi connectivity index (χ0n) is 16.0. The molecular formula is C20H21N3O4S2. The number of benzene rings is 2. The predicted octanol–water partition coefficient (Wildman–Crippen LogP) is 2.92. The summed E-state index contributed by atoms with van der Waals surface area (Å²) in [5.74, 6) is 0.509. The standard InChI is InChI=1S/C20H21N3O4S2/c1-13-3-7-16(8-4-13)27-12-18-23-14(2)19(28-18)20(24)22-11-15-5-9-17(10-6-15)29(21,25)26/h3-10H,11-12H2,1-2H3,(H,22,24)(H2,21,25,26). The van der Waals surface area contributed by atoms with Gasteiger partial charge in [-0.1, -0.05) is 29.8 Å². The topological polar surface area (TPSA) is 111 Å². The Balaban J connectivity index is 1.59. The Hall–Kier alpha value is -2.75. The summed E-state index contributed by atoms with van der Waals surface area (Å²) in [5, 5.41) is 8.61. The third-order valence-electron chi connectivity index (χ3n) is 4.14. The highest BCUT2D eigenvalue weighted by Crippen LogP contribution is 2.21. The highest BCUT2D eigenvalue weighted by atomic mass is 32.2. The number of aryl methyl sites for hydroxylation is 2. The maximum atomic E-state index is 12.5. The van der Waals surface area contributed by atoms with E-state index in [1.54, 1.807) is 19.1 Å². The lowest BCUT2D eigenvalue weighted by Gasteiger charge is -2.05. The highest BCUT2D eigenvalue weighted by molar-refractivity contribution is 7.89. The molecule has 29 heavy (non-hydrogen) atoms.